The molecule has 0 aromatic rings. The van der Waals surface area contributed by atoms with Crippen molar-refractivity contribution >= 4 is 0 Å². The molecule has 1 rings (SSSR count). The van der Waals surface area contributed by atoms with Crippen LogP contribution in [0, 0.1) is 0 Å². The zero-order chi connectivity index (χ0) is 8.27. The topological polar surface area (TPSA) is 6.48 Å². The van der Waals surface area contributed by atoms with Crippen molar-refractivity contribution in [3.63, 3.8) is 0 Å². The summed E-state index contributed by atoms with van der Waals surface area (Å²) in [5.74, 6) is 0. The Labute approximate surface area is 69.5 Å². The maximum absolute atomic E-state index is 2.47. The molecule has 11 heavy (non-hydrogen) atoms. The molecule has 0 saturated carbocycles. The standard InChI is InChI=1S/C9H18N2/c1-4-11-6-5-9(8-11)7-10(2)3/h7H,4-6,8H2,1-3H3. The molecule has 2 heteroatoms. The Hall–Kier alpha value is -0.500. The van der Waals surface area contributed by atoms with E-state index in [1.54, 1.807) is 5.57 Å². The van der Waals surface area contributed by atoms with Gasteiger partial charge in [0.15, 0.2) is 0 Å². The fourth-order valence-corrected chi connectivity index (χ4v) is 1.49. The molecule has 1 aliphatic heterocycles. The van der Waals surface area contributed by atoms with E-state index in [9.17, 15) is 0 Å². The summed E-state index contributed by atoms with van der Waals surface area (Å²) >= 11 is 0. The van der Waals surface area contributed by atoms with Crippen LogP contribution in [0.1, 0.15) is 13.3 Å². The Morgan fingerprint density at radius 1 is 1.55 bits per heavy atom. The van der Waals surface area contributed by atoms with E-state index in [-0.39, 0.29) is 0 Å². The van der Waals surface area contributed by atoms with E-state index in [1.165, 1.54) is 26.1 Å². The van der Waals surface area contributed by atoms with Gasteiger partial charge in [-0.1, -0.05) is 6.92 Å². The number of likely N-dealkylation sites (tertiary alicyclic amines) is 1. The van der Waals surface area contributed by atoms with Gasteiger partial charge in [-0.2, -0.15) is 0 Å². The third-order valence-corrected chi connectivity index (χ3v) is 2.06. The molecule has 0 aromatic heterocycles. The van der Waals surface area contributed by atoms with Crippen molar-refractivity contribution in [3.8, 4) is 0 Å². The van der Waals surface area contributed by atoms with Crippen molar-refractivity contribution in [2.75, 3.05) is 33.7 Å². The molecule has 0 aliphatic carbocycles. The molecule has 1 saturated heterocycles. The third kappa shape index (κ3) is 2.54. The highest BCUT2D eigenvalue weighted by atomic mass is 15.1. The Morgan fingerprint density at radius 3 is 2.73 bits per heavy atom. The smallest absolute Gasteiger partial charge is 0.0210 e. The predicted octanol–water partition coefficient (Wildman–Crippen LogP) is 1.16. The molecule has 0 aromatic carbocycles. The van der Waals surface area contributed by atoms with Crippen LogP contribution in [0.25, 0.3) is 0 Å². The zero-order valence-electron chi connectivity index (χ0n) is 7.80. The van der Waals surface area contributed by atoms with Gasteiger partial charge in [0, 0.05) is 27.2 Å². The van der Waals surface area contributed by atoms with Crippen LogP contribution >= 0.6 is 0 Å². The number of likely N-dealkylation sites (N-methyl/N-ethyl adjacent to an activating group) is 1. The lowest BCUT2D eigenvalue weighted by Crippen LogP contribution is -2.18. The Kier molecular flexibility index (Phi) is 2.94. The van der Waals surface area contributed by atoms with Crippen LogP contribution in [0.2, 0.25) is 0 Å². The van der Waals surface area contributed by atoms with Gasteiger partial charge in [-0.15, -0.1) is 0 Å². The maximum Gasteiger partial charge on any atom is 0.0210 e. The third-order valence-electron chi connectivity index (χ3n) is 2.06. The average molecular weight is 154 g/mol. The Balaban J connectivity index is 2.41. The molecule has 1 aliphatic rings. The van der Waals surface area contributed by atoms with Gasteiger partial charge >= 0.3 is 0 Å². The fourth-order valence-electron chi connectivity index (χ4n) is 1.49. The summed E-state index contributed by atoms with van der Waals surface area (Å²) in [5, 5.41) is 0. The molecule has 0 radical (unpaired) electrons. The molecule has 1 fully saturated rings. The molecule has 0 unspecified atom stereocenters. The van der Waals surface area contributed by atoms with Gasteiger partial charge in [-0.25, -0.2) is 0 Å². The van der Waals surface area contributed by atoms with Gasteiger partial charge in [-0.3, -0.25) is 4.90 Å². The minimum atomic E-state index is 1.18. The summed E-state index contributed by atoms with van der Waals surface area (Å²) in [6.45, 7) is 5.83. The monoisotopic (exact) mass is 154 g/mol. The van der Waals surface area contributed by atoms with Crippen LogP contribution in [0.15, 0.2) is 11.8 Å². The first-order chi connectivity index (χ1) is 5.22. The lowest BCUT2D eigenvalue weighted by atomic mass is 10.2. The quantitative estimate of drug-likeness (QED) is 0.589. The molecule has 0 atom stereocenters. The molecule has 0 N–H and O–H groups in total. The minimum absolute atomic E-state index is 1.18. The lowest BCUT2D eigenvalue weighted by Gasteiger charge is -2.10. The van der Waals surface area contributed by atoms with E-state index in [4.69, 9.17) is 0 Å². The molecule has 0 amide bonds. The van der Waals surface area contributed by atoms with Gasteiger partial charge in [0.1, 0.15) is 0 Å². The van der Waals surface area contributed by atoms with Crippen molar-refractivity contribution in [2.45, 2.75) is 13.3 Å². The Morgan fingerprint density at radius 2 is 2.27 bits per heavy atom. The summed E-state index contributed by atoms with van der Waals surface area (Å²) in [7, 11) is 4.17. The summed E-state index contributed by atoms with van der Waals surface area (Å²) in [6, 6.07) is 0. The van der Waals surface area contributed by atoms with E-state index in [2.05, 4.69) is 37.0 Å². The second kappa shape index (κ2) is 3.77. The number of hydrogen-bond acceptors (Lipinski definition) is 2. The highest BCUT2D eigenvalue weighted by Gasteiger charge is 2.13. The second-order valence-electron chi connectivity index (χ2n) is 3.37. The van der Waals surface area contributed by atoms with Crippen LogP contribution in [0.5, 0.6) is 0 Å². The van der Waals surface area contributed by atoms with E-state index >= 15 is 0 Å². The summed E-state index contributed by atoms with van der Waals surface area (Å²) < 4.78 is 0. The Bertz CT molecular complexity index is 150. The molecular formula is C9H18N2. The van der Waals surface area contributed by atoms with Crippen molar-refractivity contribution in [3.05, 3.63) is 11.8 Å². The maximum atomic E-state index is 2.47. The van der Waals surface area contributed by atoms with Crippen LogP contribution < -0.4 is 0 Å². The van der Waals surface area contributed by atoms with Crippen LogP contribution in [0.3, 0.4) is 0 Å². The van der Waals surface area contributed by atoms with Crippen molar-refractivity contribution in [2.24, 2.45) is 0 Å². The molecule has 0 bridgehead atoms. The first-order valence-corrected chi connectivity index (χ1v) is 4.30. The predicted molar refractivity (Wildman–Crippen MR) is 48.5 cm³/mol. The van der Waals surface area contributed by atoms with Crippen LogP contribution in [0.4, 0.5) is 0 Å². The number of nitrogens with zero attached hydrogens (tertiary/aromatic N) is 2. The van der Waals surface area contributed by atoms with E-state index < -0.39 is 0 Å². The first kappa shape index (κ1) is 8.60. The van der Waals surface area contributed by atoms with E-state index in [1.807, 2.05) is 0 Å². The lowest BCUT2D eigenvalue weighted by molar-refractivity contribution is 0.364. The minimum Gasteiger partial charge on any atom is -0.383 e. The van der Waals surface area contributed by atoms with E-state index in [0.717, 1.165) is 0 Å². The van der Waals surface area contributed by atoms with Gasteiger partial charge in [0.25, 0.3) is 0 Å². The van der Waals surface area contributed by atoms with Gasteiger partial charge < -0.3 is 4.90 Å². The largest absolute Gasteiger partial charge is 0.383 e. The van der Waals surface area contributed by atoms with E-state index in [0.29, 0.717) is 0 Å². The fraction of sp³-hybridized carbons (Fsp3) is 0.778. The SMILES string of the molecule is CCN1CCC(=CN(C)C)C1. The van der Waals surface area contributed by atoms with Gasteiger partial charge in [-0.05, 0) is 24.7 Å². The van der Waals surface area contributed by atoms with Gasteiger partial charge in [0.2, 0.25) is 0 Å². The van der Waals surface area contributed by atoms with Gasteiger partial charge in [0.05, 0.1) is 0 Å². The van der Waals surface area contributed by atoms with Crippen molar-refractivity contribution in [1.82, 2.24) is 9.80 Å². The average Bonchev–Trinajstić information content (AvgIpc) is 2.34. The molecular weight excluding hydrogens is 136 g/mol. The normalized spacial score (nSPS) is 23.0. The van der Waals surface area contributed by atoms with Crippen LogP contribution in [-0.2, 0) is 0 Å². The first-order valence-electron chi connectivity index (χ1n) is 4.30. The summed E-state index contributed by atoms with van der Waals surface area (Å²) in [6.07, 6.45) is 3.50. The summed E-state index contributed by atoms with van der Waals surface area (Å²) in [5.41, 5.74) is 1.57. The van der Waals surface area contributed by atoms with Crippen molar-refractivity contribution in [1.29, 1.82) is 0 Å². The van der Waals surface area contributed by atoms with Crippen molar-refractivity contribution < 1.29 is 0 Å². The second-order valence-corrected chi connectivity index (χ2v) is 3.37. The number of hydrogen-bond donors (Lipinski definition) is 0. The highest BCUT2D eigenvalue weighted by molar-refractivity contribution is 5.08. The zero-order valence-corrected chi connectivity index (χ0v) is 7.80. The molecule has 64 valence electrons. The molecule has 0 spiro atoms. The van der Waals surface area contributed by atoms with Crippen LogP contribution in [-0.4, -0.2) is 43.5 Å². The highest BCUT2D eigenvalue weighted by Crippen LogP contribution is 2.14. The summed E-state index contributed by atoms with van der Waals surface area (Å²) in [4.78, 5) is 4.60. The molecule has 2 nitrogen and oxygen atoms in total. The molecule has 1 heterocycles. The number of rotatable bonds is 2.